The van der Waals surface area contributed by atoms with Crippen molar-refractivity contribution in [3.05, 3.63) is 63.5 Å². The molecule has 0 radical (unpaired) electrons. The molecule has 2 amide bonds. The molecule has 150 valence electrons. The van der Waals surface area contributed by atoms with E-state index in [4.69, 9.17) is 11.6 Å². The van der Waals surface area contributed by atoms with Crippen molar-refractivity contribution in [2.24, 2.45) is 0 Å². The summed E-state index contributed by atoms with van der Waals surface area (Å²) >= 11 is 7.59. The predicted molar refractivity (Wildman–Crippen MR) is 119 cm³/mol. The summed E-state index contributed by atoms with van der Waals surface area (Å²) in [6.45, 7) is 0. The Morgan fingerprint density at radius 1 is 1.10 bits per heavy atom. The fraction of sp³-hybridized carbons (Fsp3) is 0.304. The predicted octanol–water partition coefficient (Wildman–Crippen LogP) is 5.88. The van der Waals surface area contributed by atoms with Crippen LogP contribution in [0, 0.1) is 0 Å². The Balaban J connectivity index is 1.50. The van der Waals surface area contributed by atoms with Crippen LogP contribution in [0.4, 0.5) is 5.69 Å². The Morgan fingerprint density at radius 2 is 1.86 bits per heavy atom. The minimum atomic E-state index is -0.191. The number of carbonyl (C=O) groups is 2. The number of thioether (sulfide) groups is 1. The van der Waals surface area contributed by atoms with E-state index in [2.05, 4.69) is 10.6 Å². The molecule has 29 heavy (non-hydrogen) atoms. The van der Waals surface area contributed by atoms with Gasteiger partial charge in [0.2, 0.25) is 0 Å². The summed E-state index contributed by atoms with van der Waals surface area (Å²) in [5.74, 6) is -0.264. The molecule has 0 atom stereocenters. The first-order valence-electron chi connectivity index (χ1n) is 10.0. The normalized spacial score (nSPS) is 18.7. The lowest BCUT2D eigenvalue weighted by Crippen LogP contribution is -2.34. The van der Waals surface area contributed by atoms with Gasteiger partial charge in [0.25, 0.3) is 11.8 Å². The van der Waals surface area contributed by atoms with Gasteiger partial charge in [0.15, 0.2) is 0 Å². The summed E-state index contributed by atoms with van der Waals surface area (Å²) in [6.07, 6.45) is 8.71. The van der Waals surface area contributed by atoms with Crippen molar-refractivity contribution in [2.45, 2.75) is 49.5 Å². The van der Waals surface area contributed by atoms with Gasteiger partial charge in [-0.15, -0.1) is 0 Å². The van der Waals surface area contributed by atoms with Crippen LogP contribution in [0.2, 0.25) is 5.02 Å². The molecule has 1 fully saturated rings. The molecule has 0 bridgehead atoms. The van der Waals surface area contributed by atoms with Crippen molar-refractivity contribution in [3.63, 3.8) is 0 Å². The van der Waals surface area contributed by atoms with Gasteiger partial charge in [-0.05, 0) is 48.7 Å². The minimum Gasteiger partial charge on any atom is -0.349 e. The maximum atomic E-state index is 12.7. The molecule has 1 aliphatic heterocycles. The van der Waals surface area contributed by atoms with E-state index in [9.17, 15) is 9.59 Å². The highest BCUT2D eigenvalue weighted by molar-refractivity contribution is 8.04. The van der Waals surface area contributed by atoms with E-state index in [1.807, 2.05) is 30.3 Å². The van der Waals surface area contributed by atoms with Crippen LogP contribution in [-0.2, 0) is 4.79 Å². The van der Waals surface area contributed by atoms with Crippen LogP contribution in [-0.4, -0.2) is 17.9 Å². The molecule has 2 N–H and O–H groups in total. The monoisotopic (exact) mass is 426 g/mol. The molecule has 4 nitrogen and oxygen atoms in total. The molecule has 6 heteroatoms. The number of rotatable bonds is 3. The average molecular weight is 427 g/mol. The van der Waals surface area contributed by atoms with E-state index in [-0.39, 0.29) is 17.9 Å². The van der Waals surface area contributed by atoms with Gasteiger partial charge in [-0.1, -0.05) is 67.2 Å². The van der Waals surface area contributed by atoms with Crippen molar-refractivity contribution in [3.8, 4) is 0 Å². The zero-order valence-electron chi connectivity index (χ0n) is 16.0. The highest BCUT2D eigenvalue weighted by Crippen LogP contribution is 2.39. The number of anilines is 1. The van der Waals surface area contributed by atoms with Crippen molar-refractivity contribution >= 4 is 46.9 Å². The van der Waals surface area contributed by atoms with E-state index in [1.54, 1.807) is 18.2 Å². The fourth-order valence-corrected chi connectivity index (χ4v) is 4.84. The second-order valence-electron chi connectivity index (χ2n) is 7.46. The Labute approximate surface area is 180 Å². The van der Waals surface area contributed by atoms with Crippen LogP contribution < -0.4 is 10.6 Å². The van der Waals surface area contributed by atoms with Gasteiger partial charge in [0.05, 0.1) is 10.6 Å². The van der Waals surface area contributed by atoms with Gasteiger partial charge >= 0.3 is 0 Å². The molecule has 0 spiro atoms. The van der Waals surface area contributed by atoms with Crippen LogP contribution in [0.15, 0.2) is 52.3 Å². The molecule has 4 rings (SSSR count). The second-order valence-corrected chi connectivity index (χ2v) is 8.95. The first kappa shape index (κ1) is 20.0. The number of nitrogens with one attached hydrogen (secondary N) is 2. The summed E-state index contributed by atoms with van der Waals surface area (Å²) in [7, 11) is 0. The summed E-state index contributed by atoms with van der Waals surface area (Å²) in [4.78, 5) is 26.7. The van der Waals surface area contributed by atoms with Crippen molar-refractivity contribution in [1.29, 1.82) is 0 Å². The number of hydrogen-bond acceptors (Lipinski definition) is 3. The molecule has 2 aromatic carbocycles. The largest absolute Gasteiger partial charge is 0.349 e. The van der Waals surface area contributed by atoms with Crippen LogP contribution in [0.1, 0.15) is 54.4 Å². The molecule has 1 heterocycles. The summed E-state index contributed by atoms with van der Waals surface area (Å²) in [5, 5.41) is 6.67. The van der Waals surface area contributed by atoms with Crippen molar-refractivity contribution < 1.29 is 9.59 Å². The number of carbonyl (C=O) groups excluding carboxylic acids is 2. The molecule has 0 unspecified atom stereocenters. The van der Waals surface area contributed by atoms with Crippen molar-refractivity contribution in [2.75, 3.05) is 5.32 Å². The van der Waals surface area contributed by atoms with Gasteiger partial charge in [0.1, 0.15) is 0 Å². The smallest absolute Gasteiger partial charge is 0.262 e. The lowest BCUT2D eigenvalue weighted by molar-refractivity contribution is -0.112. The van der Waals surface area contributed by atoms with E-state index in [1.165, 1.54) is 37.4 Å². The van der Waals surface area contributed by atoms with Crippen molar-refractivity contribution in [1.82, 2.24) is 5.32 Å². The Hall–Kier alpha value is -2.24. The highest BCUT2D eigenvalue weighted by atomic mass is 35.5. The number of benzene rings is 2. The third-order valence-electron chi connectivity index (χ3n) is 5.32. The van der Waals surface area contributed by atoms with Gasteiger partial charge < -0.3 is 10.6 Å². The molecule has 2 aromatic rings. The molecule has 1 aliphatic carbocycles. The van der Waals surface area contributed by atoms with Crippen LogP contribution in [0.25, 0.3) is 6.08 Å². The van der Waals surface area contributed by atoms with Gasteiger partial charge in [-0.2, -0.15) is 0 Å². The second kappa shape index (κ2) is 9.06. The third kappa shape index (κ3) is 4.85. The number of fused-ring (bicyclic) bond motifs is 1. The van der Waals surface area contributed by atoms with E-state index in [0.717, 1.165) is 23.3 Å². The molecular formula is C23H23ClN2O2S. The number of halogens is 1. The molecule has 0 aromatic heterocycles. The van der Waals surface area contributed by atoms with Crippen LogP contribution in [0.5, 0.6) is 0 Å². The molecule has 1 saturated carbocycles. The summed E-state index contributed by atoms with van der Waals surface area (Å²) in [6, 6.07) is 13.1. The Morgan fingerprint density at radius 3 is 2.62 bits per heavy atom. The van der Waals surface area contributed by atoms with Gasteiger partial charge in [-0.3, -0.25) is 9.59 Å². The topological polar surface area (TPSA) is 58.2 Å². The van der Waals surface area contributed by atoms with Gasteiger partial charge in [0, 0.05) is 21.5 Å². The summed E-state index contributed by atoms with van der Waals surface area (Å²) in [5.41, 5.74) is 2.05. The lowest BCUT2D eigenvalue weighted by atomic mass is 10.1. The quantitative estimate of drug-likeness (QED) is 0.476. The molecule has 0 saturated heterocycles. The standard InChI is InChI=1S/C23H23ClN2O2S/c24-18-10-6-5-7-15(18)14-21-23(28)26-19-13-16(11-12-20(19)29-21)22(27)25-17-8-3-1-2-4-9-17/h5-7,10-14,17H,1-4,8-9H2,(H,25,27)(H,26,28)/b21-14+. The Bertz CT molecular complexity index is 965. The van der Waals surface area contributed by atoms with Crippen LogP contribution >= 0.6 is 23.4 Å². The van der Waals surface area contributed by atoms with Crippen LogP contribution in [0.3, 0.4) is 0 Å². The van der Waals surface area contributed by atoms with E-state index in [0.29, 0.717) is 21.2 Å². The SMILES string of the molecule is O=C1Nc2cc(C(=O)NC3CCCCCC3)ccc2S/C1=C/c1ccccc1Cl. The van der Waals surface area contributed by atoms with E-state index < -0.39 is 0 Å². The zero-order valence-corrected chi connectivity index (χ0v) is 17.6. The maximum Gasteiger partial charge on any atom is 0.262 e. The highest BCUT2D eigenvalue weighted by Gasteiger charge is 2.23. The first-order valence-corrected chi connectivity index (χ1v) is 11.2. The van der Waals surface area contributed by atoms with Gasteiger partial charge in [-0.25, -0.2) is 0 Å². The Kier molecular flexibility index (Phi) is 6.26. The zero-order chi connectivity index (χ0) is 20.2. The average Bonchev–Trinajstić information content (AvgIpc) is 2.98. The maximum absolute atomic E-state index is 12.7. The minimum absolute atomic E-state index is 0.0728. The third-order valence-corrected chi connectivity index (χ3v) is 6.76. The molecule has 2 aliphatic rings. The lowest BCUT2D eigenvalue weighted by Gasteiger charge is -2.20. The number of amides is 2. The van der Waals surface area contributed by atoms with E-state index >= 15 is 0 Å². The fourth-order valence-electron chi connectivity index (χ4n) is 3.73. The number of hydrogen-bond donors (Lipinski definition) is 2. The summed E-state index contributed by atoms with van der Waals surface area (Å²) < 4.78 is 0. The molecular weight excluding hydrogens is 404 g/mol. The first-order chi connectivity index (χ1) is 14.1.